The first-order valence-corrected chi connectivity index (χ1v) is 7.39. The van der Waals surface area contributed by atoms with Crippen molar-refractivity contribution in [3.8, 4) is 17.6 Å². The molecule has 0 aliphatic rings. The van der Waals surface area contributed by atoms with Crippen LogP contribution in [0.2, 0.25) is 0 Å². The molecule has 4 nitrogen and oxygen atoms in total. The van der Waals surface area contributed by atoms with Gasteiger partial charge in [-0.25, -0.2) is 0 Å². The van der Waals surface area contributed by atoms with Crippen molar-refractivity contribution in [3.63, 3.8) is 0 Å². The van der Waals surface area contributed by atoms with Gasteiger partial charge in [-0.2, -0.15) is 5.26 Å². The Morgan fingerprint density at radius 2 is 1.62 bits per heavy atom. The lowest BCUT2D eigenvalue weighted by atomic mass is 10.1. The predicted molar refractivity (Wildman–Crippen MR) is 92.1 cm³/mol. The van der Waals surface area contributed by atoms with E-state index in [1.165, 1.54) is 0 Å². The second-order valence-electron chi connectivity index (χ2n) is 5.09. The van der Waals surface area contributed by atoms with Crippen molar-refractivity contribution in [2.75, 3.05) is 5.32 Å². The van der Waals surface area contributed by atoms with Gasteiger partial charge in [-0.3, -0.25) is 4.79 Å². The molecule has 24 heavy (non-hydrogen) atoms. The van der Waals surface area contributed by atoms with Gasteiger partial charge < -0.3 is 10.1 Å². The average molecular weight is 314 g/mol. The minimum absolute atomic E-state index is 0.261. The molecule has 3 aromatic rings. The molecule has 0 radical (unpaired) electrons. The Bertz CT molecular complexity index is 899. The quantitative estimate of drug-likeness (QED) is 0.765. The van der Waals surface area contributed by atoms with Crippen LogP contribution in [-0.2, 0) is 0 Å². The van der Waals surface area contributed by atoms with E-state index in [1.807, 2.05) is 36.4 Å². The maximum Gasteiger partial charge on any atom is 0.255 e. The lowest BCUT2D eigenvalue weighted by molar-refractivity contribution is 0.102. The van der Waals surface area contributed by atoms with Crippen LogP contribution in [0.15, 0.2) is 78.9 Å². The number of nitriles is 1. The van der Waals surface area contributed by atoms with Gasteiger partial charge in [0.05, 0.1) is 11.6 Å². The third-order valence-electron chi connectivity index (χ3n) is 3.32. The van der Waals surface area contributed by atoms with E-state index in [-0.39, 0.29) is 5.91 Å². The number of benzene rings is 3. The number of ether oxygens (including phenoxy) is 1. The Balaban J connectivity index is 1.75. The number of carbonyl (C=O) groups is 1. The molecule has 0 aliphatic carbocycles. The van der Waals surface area contributed by atoms with Gasteiger partial charge in [0.1, 0.15) is 11.5 Å². The Kier molecular flexibility index (Phi) is 4.55. The van der Waals surface area contributed by atoms with Gasteiger partial charge in [-0.15, -0.1) is 0 Å². The third kappa shape index (κ3) is 3.79. The number of hydrogen-bond acceptors (Lipinski definition) is 3. The third-order valence-corrected chi connectivity index (χ3v) is 3.32. The molecule has 0 unspecified atom stereocenters. The molecule has 0 fully saturated rings. The van der Waals surface area contributed by atoms with Crippen LogP contribution in [-0.4, -0.2) is 5.91 Å². The van der Waals surface area contributed by atoms with Gasteiger partial charge in [0.15, 0.2) is 0 Å². The van der Waals surface area contributed by atoms with E-state index in [4.69, 9.17) is 10.00 Å². The summed E-state index contributed by atoms with van der Waals surface area (Å²) >= 11 is 0. The van der Waals surface area contributed by atoms with Crippen LogP contribution >= 0.6 is 0 Å². The smallest absolute Gasteiger partial charge is 0.255 e. The van der Waals surface area contributed by atoms with E-state index in [2.05, 4.69) is 5.32 Å². The van der Waals surface area contributed by atoms with Crippen LogP contribution in [0.4, 0.5) is 5.69 Å². The summed E-state index contributed by atoms with van der Waals surface area (Å²) in [6, 6.07) is 25.1. The molecular formula is C20H14N2O2. The Morgan fingerprint density at radius 3 is 2.42 bits per heavy atom. The molecule has 0 atom stereocenters. The first-order valence-electron chi connectivity index (χ1n) is 7.39. The number of hydrogen-bond donors (Lipinski definition) is 1. The topological polar surface area (TPSA) is 62.1 Å². The number of anilines is 1. The van der Waals surface area contributed by atoms with Crippen molar-refractivity contribution in [1.82, 2.24) is 0 Å². The van der Waals surface area contributed by atoms with Crippen molar-refractivity contribution in [2.24, 2.45) is 0 Å². The second kappa shape index (κ2) is 7.12. The molecular weight excluding hydrogens is 300 g/mol. The van der Waals surface area contributed by atoms with E-state index in [1.54, 1.807) is 48.5 Å². The SMILES string of the molecule is N#Cc1cccc(NC(=O)c2cccc(Oc3ccccc3)c2)c1. The van der Waals surface area contributed by atoms with E-state index < -0.39 is 0 Å². The molecule has 116 valence electrons. The van der Waals surface area contributed by atoms with E-state index in [0.29, 0.717) is 28.3 Å². The van der Waals surface area contributed by atoms with Gasteiger partial charge in [-0.05, 0) is 48.5 Å². The monoisotopic (exact) mass is 314 g/mol. The summed E-state index contributed by atoms with van der Waals surface area (Å²) in [6.07, 6.45) is 0. The van der Waals surface area contributed by atoms with Gasteiger partial charge in [-0.1, -0.05) is 30.3 Å². The number of para-hydroxylation sites is 1. The van der Waals surface area contributed by atoms with Crippen molar-refractivity contribution in [3.05, 3.63) is 90.0 Å². The molecule has 0 saturated heterocycles. The normalized spacial score (nSPS) is 9.79. The van der Waals surface area contributed by atoms with Crippen LogP contribution < -0.4 is 10.1 Å². The fourth-order valence-corrected chi connectivity index (χ4v) is 2.20. The van der Waals surface area contributed by atoms with Crippen LogP contribution in [0.1, 0.15) is 15.9 Å². The number of rotatable bonds is 4. The lowest BCUT2D eigenvalue weighted by Gasteiger charge is -2.08. The number of amides is 1. The first kappa shape index (κ1) is 15.3. The van der Waals surface area contributed by atoms with Gasteiger partial charge in [0.25, 0.3) is 5.91 Å². The van der Waals surface area contributed by atoms with Gasteiger partial charge in [0.2, 0.25) is 0 Å². The highest BCUT2D eigenvalue weighted by Crippen LogP contribution is 2.22. The molecule has 0 spiro atoms. The molecule has 0 heterocycles. The van der Waals surface area contributed by atoms with E-state index in [0.717, 1.165) is 0 Å². The zero-order valence-corrected chi connectivity index (χ0v) is 12.8. The Morgan fingerprint density at radius 1 is 0.875 bits per heavy atom. The van der Waals surface area contributed by atoms with Gasteiger partial charge >= 0.3 is 0 Å². The molecule has 3 rings (SSSR count). The maximum atomic E-state index is 12.4. The molecule has 1 amide bonds. The van der Waals surface area contributed by atoms with Crippen LogP contribution in [0, 0.1) is 11.3 Å². The summed E-state index contributed by atoms with van der Waals surface area (Å²) in [5.74, 6) is 1.03. The minimum atomic E-state index is -0.261. The van der Waals surface area contributed by atoms with Crippen molar-refractivity contribution >= 4 is 11.6 Å². The van der Waals surface area contributed by atoms with Crippen molar-refractivity contribution < 1.29 is 9.53 Å². The molecule has 4 heteroatoms. The van der Waals surface area contributed by atoms with E-state index in [9.17, 15) is 4.79 Å². The molecule has 0 saturated carbocycles. The molecule has 0 aliphatic heterocycles. The molecule has 0 bridgehead atoms. The largest absolute Gasteiger partial charge is 0.457 e. The summed E-state index contributed by atoms with van der Waals surface area (Å²) in [4.78, 5) is 12.4. The number of nitrogens with one attached hydrogen (secondary N) is 1. The highest BCUT2D eigenvalue weighted by Gasteiger charge is 2.08. The van der Waals surface area contributed by atoms with E-state index >= 15 is 0 Å². The Labute approximate surface area is 139 Å². The van der Waals surface area contributed by atoms with Gasteiger partial charge in [0, 0.05) is 11.3 Å². The van der Waals surface area contributed by atoms with Crippen molar-refractivity contribution in [1.29, 1.82) is 5.26 Å². The standard InChI is InChI=1S/C20H14N2O2/c21-14-15-6-4-8-17(12-15)22-20(23)16-7-5-11-19(13-16)24-18-9-2-1-3-10-18/h1-13H,(H,22,23). The fraction of sp³-hybridized carbons (Fsp3) is 0. The van der Waals surface area contributed by atoms with Crippen LogP contribution in [0.5, 0.6) is 11.5 Å². The second-order valence-corrected chi connectivity index (χ2v) is 5.09. The highest BCUT2D eigenvalue weighted by molar-refractivity contribution is 6.04. The molecule has 1 N–H and O–H groups in total. The molecule has 3 aromatic carbocycles. The minimum Gasteiger partial charge on any atom is -0.457 e. The zero-order chi connectivity index (χ0) is 16.8. The first-order chi connectivity index (χ1) is 11.7. The summed E-state index contributed by atoms with van der Waals surface area (Å²) in [6.45, 7) is 0. The van der Waals surface area contributed by atoms with Crippen molar-refractivity contribution in [2.45, 2.75) is 0 Å². The molecule has 0 aromatic heterocycles. The fourth-order valence-electron chi connectivity index (χ4n) is 2.20. The highest BCUT2D eigenvalue weighted by atomic mass is 16.5. The van der Waals surface area contributed by atoms with Crippen LogP contribution in [0.3, 0.4) is 0 Å². The summed E-state index contributed by atoms with van der Waals surface area (Å²) in [5.41, 5.74) is 1.55. The average Bonchev–Trinajstić information content (AvgIpc) is 2.63. The zero-order valence-electron chi connectivity index (χ0n) is 12.8. The Hall–Kier alpha value is -3.58. The maximum absolute atomic E-state index is 12.4. The lowest BCUT2D eigenvalue weighted by Crippen LogP contribution is -2.11. The predicted octanol–water partition coefficient (Wildman–Crippen LogP) is 4.60. The summed E-state index contributed by atoms with van der Waals surface area (Å²) in [7, 11) is 0. The van der Waals surface area contributed by atoms with Crippen LogP contribution in [0.25, 0.3) is 0 Å². The summed E-state index contributed by atoms with van der Waals surface area (Å²) < 4.78 is 5.73. The number of nitrogens with zero attached hydrogens (tertiary/aromatic N) is 1. The summed E-state index contributed by atoms with van der Waals surface area (Å²) in [5, 5.41) is 11.7. The number of carbonyl (C=O) groups excluding carboxylic acids is 1.